The number of carbonyl (C=O) groups excluding carboxylic acids is 2. The number of nitrogens with one attached hydrogen (secondary N) is 2. The van der Waals surface area contributed by atoms with Gasteiger partial charge in [0, 0.05) is 24.4 Å². The molecule has 2 aromatic rings. The fourth-order valence-corrected chi connectivity index (χ4v) is 5.61. The first kappa shape index (κ1) is 22.4. The third-order valence-corrected chi connectivity index (χ3v) is 7.44. The van der Waals surface area contributed by atoms with Crippen LogP contribution in [0.2, 0.25) is 0 Å². The molecule has 2 aliphatic heterocycles. The molecule has 0 saturated carbocycles. The standard InChI is InChI=1S/C26H29N3O5/c30-23(31)13-22(24(32)27-15-26-9-11-29(16-26)12-10-26)28-25(33)34-14-21-19-7-3-1-5-17(19)18-6-2-4-8-20(18)21/h1-8,21-22H,9-16H2,(H,27,32)(H,28,33)(H,30,31). The van der Waals surface area contributed by atoms with Gasteiger partial charge in [0.2, 0.25) is 5.91 Å². The summed E-state index contributed by atoms with van der Waals surface area (Å²) in [7, 11) is 0. The number of alkyl carbamates (subject to hydrolysis) is 1. The molecule has 1 atom stereocenters. The predicted octanol–water partition coefficient (Wildman–Crippen LogP) is 2.58. The van der Waals surface area contributed by atoms with Crippen LogP contribution in [0.25, 0.3) is 11.1 Å². The van der Waals surface area contributed by atoms with Crippen molar-refractivity contribution in [1.29, 1.82) is 0 Å². The topological polar surface area (TPSA) is 108 Å². The molecule has 3 N–H and O–H groups in total. The minimum Gasteiger partial charge on any atom is -0.481 e. The van der Waals surface area contributed by atoms with Crippen molar-refractivity contribution in [2.24, 2.45) is 5.41 Å². The Morgan fingerprint density at radius 1 is 1.03 bits per heavy atom. The number of ether oxygens (including phenoxy) is 1. The minimum atomic E-state index is -1.19. The van der Waals surface area contributed by atoms with Crippen LogP contribution in [0, 0.1) is 5.41 Å². The van der Waals surface area contributed by atoms with Crippen molar-refractivity contribution in [2.45, 2.75) is 31.2 Å². The SMILES string of the molecule is O=C(O)CC(NC(=O)OCC1c2ccccc2-c2ccccc21)C(=O)NCC12CCN(CC1)C2. The molecule has 2 saturated heterocycles. The molecule has 2 heterocycles. The van der Waals surface area contributed by atoms with Crippen molar-refractivity contribution in [1.82, 2.24) is 15.5 Å². The summed E-state index contributed by atoms with van der Waals surface area (Å²) in [5, 5.41) is 14.6. The van der Waals surface area contributed by atoms with Gasteiger partial charge in [-0.25, -0.2) is 4.79 Å². The van der Waals surface area contributed by atoms with Gasteiger partial charge in [0.15, 0.2) is 0 Å². The molecule has 1 unspecified atom stereocenters. The van der Waals surface area contributed by atoms with Gasteiger partial charge < -0.3 is 25.4 Å². The van der Waals surface area contributed by atoms with Crippen molar-refractivity contribution < 1.29 is 24.2 Å². The number of hydrogen-bond donors (Lipinski definition) is 3. The van der Waals surface area contributed by atoms with Crippen LogP contribution in [0.1, 0.15) is 36.3 Å². The first-order valence-electron chi connectivity index (χ1n) is 11.8. The van der Waals surface area contributed by atoms with E-state index in [1.165, 1.54) is 0 Å². The molecule has 34 heavy (non-hydrogen) atoms. The molecular formula is C26H29N3O5. The molecule has 2 fully saturated rings. The monoisotopic (exact) mass is 463 g/mol. The molecule has 1 aliphatic carbocycles. The third kappa shape index (κ3) is 4.37. The van der Waals surface area contributed by atoms with Crippen LogP contribution in [0.15, 0.2) is 48.5 Å². The van der Waals surface area contributed by atoms with Crippen LogP contribution in [0.5, 0.6) is 0 Å². The van der Waals surface area contributed by atoms with E-state index in [1.54, 1.807) is 0 Å². The number of piperidine rings is 1. The van der Waals surface area contributed by atoms with Gasteiger partial charge in [-0.05, 0) is 48.2 Å². The highest BCUT2D eigenvalue weighted by molar-refractivity contribution is 5.89. The lowest BCUT2D eigenvalue weighted by molar-refractivity contribution is -0.139. The first-order valence-corrected chi connectivity index (χ1v) is 11.8. The smallest absolute Gasteiger partial charge is 0.407 e. The summed E-state index contributed by atoms with van der Waals surface area (Å²) in [4.78, 5) is 39.1. The van der Waals surface area contributed by atoms with E-state index in [2.05, 4.69) is 27.7 Å². The van der Waals surface area contributed by atoms with Gasteiger partial charge in [0.1, 0.15) is 12.6 Å². The van der Waals surface area contributed by atoms with E-state index < -0.39 is 30.4 Å². The predicted molar refractivity (Wildman–Crippen MR) is 125 cm³/mol. The first-order chi connectivity index (χ1) is 16.4. The fraction of sp³-hybridized carbons (Fsp3) is 0.423. The highest BCUT2D eigenvalue weighted by Crippen LogP contribution is 2.44. The molecular weight excluding hydrogens is 434 g/mol. The fourth-order valence-electron chi connectivity index (χ4n) is 5.61. The third-order valence-electron chi connectivity index (χ3n) is 7.44. The van der Waals surface area contributed by atoms with E-state index in [1.807, 2.05) is 36.4 Å². The molecule has 2 aromatic carbocycles. The summed E-state index contributed by atoms with van der Waals surface area (Å²) < 4.78 is 5.50. The molecule has 8 heteroatoms. The van der Waals surface area contributed by atoms with E-state index in [4.69, 9.17) is 4.74 Å². The highest BCUT2D eigenvalue weighted by Gasteiger charge is 2.44. The number of rotatable bonds is 8. The Balaban J connectivity index is 1.20. The number of carboxylic acids is 1. The maximum absolute atomic E-state index is 12.8. The summed E-state index contributed by atoms with van der Waals surface area (Å²) in [6.45, 7) is 3.61. The van der Waals surface area contributed by atoms with Gasteiger partial charge in [-0.2, -0.15) is 0 Å². The number of fused-ring (bicyclic) bond motifs is 5. The Morgan fingerprint density at radius 2 is 1.65 bits per heavy atom. The van der Waals surface area contributed by atoms with Crippen molar-refractivity contribution in [3.63, 3.8) is 0 Å². The summed E-state index contributed by atoms with van der Waals surface area (Å²) in [5.74, 6) is -1.77. The molecule has 2 amide bonds. The Labute approximate surface area is 198 Å². The lowest BCUT2D eigenvalue weighted by atomic mass is 9.84. The van der Waals surface area contributed by atoms with Gasteiger partial charge in [-0.1, -0.05) is 48.5 Å². The van der Waals surface area contributed by atoms with Crippen LogP contribution in [-0.4, -0.2) is 66.8 Å². The second kappa shape index (κ2) is 9.10. The zero-order valence-corrected chi connectivity index (χ0v) is 19.0. The second-order valence-corrected chi connectivity index (χ2v) is 9.61. The van der Waals surface area contributed by atoms with E-state index >= 15 is 0 Å². The largest absolute Gasteiger partial charge is 0.481 e. The Morgan fingerprint density at radius 3 is 2.21 bits per heavy atom. The average molecular weight is 464 g/mol. The lowest BCUT2D eigenvalue weighted by Gasteiger charge is -2.26. The number of nitrogens with zero attached hydrogens (tertiary/aromatic N) is 1. The van der Waals surface area contributed by atoms with Gasteiger partial charge in [0.25, 0.3) is 0 Å². The molecule has 2 bridgehead atoms. The van der Waals surface area contributed by atoms with Gasteiger partial charge in [-0.3, -0.25) is 9.59 Å². The number of amides is 2. The van der Waals surface area contributed by atoms with Gasteiger partial charge in [-0.15, -0.1) is 0 Å². The Kier molecular flexibility index (Phi) is 6.00. The van der Waals surface area contributed by atoms with Crippen molar-refractivity contribution in [2.75, 3.05) is 32.8 Å². The highest BCUT2D eigenvalue weighted by atomic mass is 16.5. The summed E-state index contributed by atoms with van der Waals surface area (Å²) >= 11 is 0. The summed E-state index contributed by atoms with van der Waals surface area (Å²) in [5.41, 5.74) is 4.46. The van der Waals surface area contributed by atoms with Crippen molar-refractivity contribution in [3.05, 3.63) is 59.7 Å². The zero-order chi connectivity index (χ0) is 23.7. The van der Waals surface area contributed by atoms with E-state index in [0.29, 0.717) is 6.54 Å². The van der Waals surface area contributed by atoms with E-state index in [9.17, 15) is 19.5 Å². The van der Waals surface area contributed by atoms with Crippen molar-refractivity contribution >= 4 is 18.0 Å². The molecule has 0 aromatic heterocycles. The van der Waals surface area contributed by atoms with Gasteiger partial charge in [0.05, 0.1) is 6.42 Å². The van der Waals surface area contributed by atoms with E-state index in [-0.39, 0.29) is 17.9 Å². The minimum absolute atomic E-state index is 0.0627. The number of carboxylic acid groups (broad SMARTS) is 1. The second-order valence-electron chi connectivity index (χ2n) is 9.61. The normalized spacial score (nSPS) is 23.1. The van der Waals surface area contributed by atoms with E-state index in [0.717, 1.165) is 54.7 Å². The quantitative estimate of drug-likeness (QED) is 0.555. The van der Waals surface area contributed by atoms with Crippen LogP contribution in [0.4, 0.5) is 4.79 Å². The molecule has 8 nitrogen and oxygen atoms in total. The van der Waals surface area contributed by atoms with Crippen LogP contribution >= 0.6 is 0 Å². The van der Waals surface area contributed by atoms with Crippen molar-refractivity contribution in [3.8, 4) is 11.1 Å². The Hall–Kier alpha value is -3.39. The van der Waals surface area contributed by atoms with Gasteiger partial charge >= 0.3 is 12.1 Å². The summed E-state index contributed by atoms with van der Waals surface area (Å²) in [6, 6.07) is 14.8. The Bertz CT molecular complexity index is 1060. The number of aliphatic carboxylic acids is 1. The lowest BCUT2D eigenvalue weighted by Crippen LogP contribution is -2.50. The molecule has 5 rings (SSSR count). The average Bonchev–Trinajstić information content (AvgIpc) is 3.52. The zero-order valence-electron chi connectivity index (χ0n) is 19.0. The molecule has 3 aliphatic rings. The molecule has 0 spiro atoms. The maximum atomic E-state index is 12.8. The summed E-state index contributed by atoms with van der Waals surface area (Å²) in [6.07, 6.45) is 0.747. The molecule has 178 valence electrons. The maximum Gasteiger partial charge on any atom is 0.407 e. The number of carbonyl (C=O) groups is 3. The number of hydrogen-bond acceptors (Lipinski definition) is 5. The molecule has 0 radical (unpaired) electrons. The number of benzene rings is 2. The van der Waals surface area contributed by atoms with Crippen LogP contribution in [-0.2, 0) is 14.3 Å². The van der Waals surface area contributed by atoms with Crippen LogP contribution < -0.4 is 10.6 Å². The van der Waals surface area contributed by atoms with Crippen LogP contribution in [0.3, 0.4) is 0 Å².